The van der Waals surface area contributed by atoms with Crippen LogP contribution in [0.15, 0.2) is 0 Å². The molecule has 3 heteroatoms. The Morgan fingerprint density at radius 3 is 2.67 bits per heavy atom. The van der Waals surface area contributed by atoms with Gasteiger partial charge in [-0.3, -0.25) is 4.79 Å². The van der Waals surface area contributed by atoms with Gasteiger partial charge in [-0.1, -0.05) is 0 Å². The van der Waals surface area contributed by atoms with Crippen LogP contribution in [0.25, 0.3) is 0 Å². The zero-order valence-corrected chi connectivity index (χ0v) is 5.14. The maximum absolute atomic E-state index is 12.3. The fourth-order valence-electron chi connectivity index (χ4n) is 0.944. The fraction of sp³-hybridized carbons (Fsp3) is 0.667. The molecule has 1 aliphatic rings. The lowest BCUT2D eigenvalue weighted by atomic mass is 10.3. The monoisotopic (exact) mass is 130 g/mol. The Balaban J connectivity index is 2.39. The van der Waals surface area contributed by atoms with Gasteiger partial charge in [0.2, 0.25) is 5.91 Å². The summed E-state index contributed by atoms with van der Waals surface area (Å²) < 4.78 is 12.3. The highest BCUT2D eigenvalue weighted by molar-refractivity contribution is 5.80. The molecule has 1 radical (unpaired) electrons. The van der Waals surface area contributed by atoms with E-state index in [1.54, 1.807) is 0 Å². The minimum Gasteiger partial charge on any atom is -0.340 e. The molecule has 2 nitrogen and oxygen atoms in total. The summed E-state index contributed by atoms with van der Waals surface area (Å²) in [5, 5.41) is 0. The van der Waals surface area contributed by atoms with Crippen LogP contribution in [0.3, 0.4) is 0 Å². The van der Waals surface area contributed by atoms with Crippen LogP contribution >= 0.6 is 0 Å². The van der Waals surface area contributed by atoms with Gasteiger partial charge in [0.25, 0.3) is 0 Å². The van der Waals surface area contributed by atoms with Crippen molar-refractivity contribution in [3.63, 3.8) is 0 Å². The molecule has 0 bridgehead atoms. The van der Waals surface area contributed by atoms with Gasteiger partial charge < -0.3 is 4.90 Å². The Labute approximate surface area is 53.6 Å². The van der Waals surface area contributed by atoms with Crippen LogP contribution in [0, 0.1) is 6.92 Å². The van der Waals surface area contributed by atoms with E-state index < -0.39 is 6.17 Å². The summed E-state index contributed by atoms with van der Waals surface area (Å²) in [4.78, 5) is 11.9. The SMILES string of the molecule is [CH2]C(=O)N1CCC(F)C1. The zero-order chi connectivity index (χ0) is 6.85. The van der Waals surface area contributed by atoms with E-state index in [9.17, 15) is 9.18 Å². The second-order valence-electron chi connectivity index (χ2n) is 2.23. The number of nitrogens with zero attached hydrogens (tertiary/aromatic N) is 1. The number of halogens is 1. The van der Waals surface area contributed by atoms with Crippen molar-refractivity contribution >= 4 is 5.91 Å². The first-order chi connectivity index (χ1) is 4.20. The van der Waals surface area contributed by atoms with Crippen LogP contribution in [0.2, 0.25) is 0 Å². The number of amides is 1. The third-order valence-electron chi connectivity index (χ3n) is 1.48. The summed E-state index contributed by atoms with van der Waals surface area (Å²) in [6.07, 6.45) is -0.350. The number of rotatable bonds is 0. The number of carbonyl (C=O) groups is 1. The van der Waals surface area contributed by atoms with Gasteiger partial charge in [-0.2, -0.15) is 0 Å². The van der Waals surface area contributed by atoms with E-state index in [1.807, 2.05) is 0 Å². The van der Waals surface area contributed by atoms with E-state index >= 15 is 0 Å². The maximum Gasteiger partial charge on any atom is 0.223 e. The van der Waals surface area contributed by atoms with Gasteiger partial charge in [0.05, 0.1) is 6.54 Å². The number of carbonyl (C=O) groups excluding carboxylic acids is 1. The van der Waals surface area contributed by atoms with Crippen LogP contribution in [0.4, 0.5) is 4.39 Å². The predicted octanol–water partition coefficient (Wildman–Crippen LogP) is 0.391. The quantitative estimate of drug-likeness (QED) is 0.464. The minimum absolute atomic E-state index is 0.238. The third kappa shape index (κ3) is 1.40. The highest BCUT2D eigenvalue weighted by atomic mass is 19.1. The smallest absolute Gasteiger partial charge is 0.223 e. The standard InChI is InChI=1S/C6H9FNO/c1-5(9)8-3-2-6(7)4-8/h6H,1-4H2. The second kappa shape index (κ2) is 2.33. The molecule has 1 heterocycles. The van der Waals surface area contributed by atoms with Crippen molar-refractivity contribution < 1.29 is 9.18 Å². The average Bonchev–Trinajstić information content (AvgIpc) is 2.14. The highest BCUT2D eigenvalue weighted by Crippen LogP contribution is 2.11. The lowest BCUT2D eigenvalue weighted by molar-refractivity contribution is -0.125. The Morgan fingerprint density at radius 2 is 2.44 bits per heavy atom. The van der Waals surface area contributed by atoms with E-state index in [-0.39, 0.29) is 12.5 Å². The van der Waals surface area contributed by atoms with Gasteiger partial charge in [0.15, 0.2) is 0 Å². The highest BCUT2D eigenvalue weighted by Gasteiger charge is 2.22. The minimum atomic E-state index is -0.823. The van der Waals surface area contributed by atoms with Crippen molar-refractivity contribution in [1.29, 1.82) is 0 Å². The topological polar surface area (TPSA) is 20.3 Å². The van der Waals surface area contributed by atoms with Gasteiger partial charge in [-0.15, -0.1) is 0 Å². The molecule has 1 amide bonds. The Morgan fingerprint density at radius 1 is 1.78 bits per heavy atom. The summed E-state index contributed by atoms with van der Waals surface area (Å²) in [7, 11) is 0. The molecule has 1 rings (SSSR count). The van der Waals surface area contributed by atoms with E-state index in [0.29, 0.717) is 13.0 Å². The van der Waals surface area contributed by atoms with E-state index in [0.717, 1.165) is 0 Å². The van der Waals surface area contributed by atoms with Crippen LogP contribution < -0.4 is 0 Å². The van der Waals surface area contributed by atoms with Crippen molar-refractivity contribution in [2.75, 3.05) is 13.1 Å². The fourth-order valence-corrected chi connectivity index (χ4v) is 0.944. The third-order valence-corrected chi connectivity index (χ3v) is 1.48. The molecule has 1 atom stereocenters. The van der Waals surface area contributed by atoms with Crippen LogP contribution in [0.5, 0.6) is 0 Å². The molecular formula is C6H9FNO. The van der Waals surface area contributed by atoms with Crippen LogP contribution in [0.1, 0.15) is 6.42 Å². The molecule has 9 heavy (non-hydrogen) atoms. The normalized spacial score (nSPS) is 26.9. The molecule has 0 aromatic rings. The largest absolute Gasteiger partial charge is 0.340 e. The van der Waals surface area contributed by atoms with Crippen molar-refractivity contribution in [3.05, 3.63) is 6.92 Å². The molecule has 0 spiro atoms. The lowest BCUT2D eigenvalue weighted by Gasteiger charge is -2.10. The van der Waals surface area contributed by atoms with Gasteiger partial charge in [0.1, 0.15) is 6.17 Å². The first-order valence-electron chi connectivity index (χ1n) is 2.95. The molecule has 0 aromatic heterocycles. The predicted molar refractivity (Wildman–Crippen MR) is 31.4 cm³/mol. The first-order valence-corrected chi connectivity index (χ1v) is 2.95. The summed E-state index contributed by atoms with van der Waals surface area (Å²) in [5.74, 6) is -0.268. The summed E-state index contributed by atoms with van der Waals surface area (Å²) >= 11 is 0. The Hall–Kier alpha value is -0.600. The van der Waals surface area contributed by atoms with Gasteiger partial charge >= 0.3 is 0 Å². The molecular weight excluding hydrogens is 121 g/mol. The summed E-state index contributed by atoms with van der Waals surface area (Å²) in [6, 6.07) is 0. The van der Waals surface area contributed by atoms with Crippen LogP contribution in [-0.4, -0.2) is 30.1 Å². The molecule has 0 aliphatic carbocycles. The zero-order valence-electron chi connectivity index (χ0n) is 5.14. The second-order valence-corrected chi connectivity index (χ2v) is 2.23. The van der Waals surface area contributed by atoms with Gasteiger partial charge in [-0.25, -0.2) is 4.39 Å². The Kier molecular flexibility index (Phi) is 1.69. The summed E-state index contributed by atoms with van der Waals surface area (Å²) in [6.45, 7) is 3.94. The maximum atomic E-state index is 12.3. The van der Waals surface area contributed by atoms with Crippen molar-refractivity contribution in [2.45, 2.75) is 12.6 Å². The molecule has 1 unspecified atom stereocenters. The number of alkyl halides is 1. The Bertz CT molecular complexity index is 126. The molecule has 1 fully saturated rings. The van der Waals surface area contributed by atoms with Crippen molar-refractivity contribution in [2.24, 2.45) is 0 Å². The van der Waals surface area contributed by atoms with Crippen LogP contribution in [-0.2, 0) is 4.79 Å². The number of hydrogen-bond acceptors (Lipinski definition) is 1. The van der Waals surface area contributed by atoms with Gasteiger partial charge in [-0.05, 0) is 6.42 Å². The molecule has 51 valence electrons. The van der Waals surface area contributed by atoms with Crippen molar-refractivity contribution in [1.82, 2.24) is 4.90 Å². The number of hydrogen-bond donors (Lipinski definition) is 0. The number of likely N-dealkylation sites (tertiary alicyclic amines) is 1. The molecule has 0 saturated carbocycles. The molecule has 0 aromatic carbocycles. The first kappa shape index (κ1) is 6.52. The average molecular weight is 130 g/mol. The van der Waals surface area contributed by atoms with E-state index in [2.05, 4.69) is 6.92 Å². The molecule has 1 saturated heterocycles. The van der Waals surface area contributed by atoms with Crippen molar-refractivity contribution in [3.8, 4) is 0 Å². The van der Waals surface area contributed by atoms with Gasteiger partial charge in [0, 0.05) is 13.5 Å². The van der Waals surface area contributed by atoms with E-state index in [4.69, 9.17) is 0 Å². The summed E-state index contributed by atoms with van der Waals surface area (Å²) in [5.41, 5.74) is 0. The van der Waals surface area contributed by atoms with E-state index in [1.165, 1.54) is 4.90 Å². The molecule has 1 aliphatic heterocycles. The lowest BCUT2D eigenvalue weighted by Crippen LogP contribution is -2.26. The molecule has 0 N–H and O–H groups in total.